The molecule has 4 aromatic rings. The summed E-state index contributed by atoms with van der Waals surface area (Å²) in [6.07, 6.45) is 8.59. The molecule has 2 bridgehead atoms. The standard InChI is InChI=1S/C33H36ClFN6O/c1-19-13-21-5-3-6-24(27(21)26(34)14-19)29-28(35)30-25(15-36-29)31(40-16-22-7-8-23(17-40)37-22)39-32(38-30)42-18-33-10-4-12-41(33)20(2)9-11-33/h3,5-6,13-15,20,22-23,37H,4,7-12,16-18H2,1-2H3/t20-,22?,23?,33?/m0/s1. The van der Waals surface area contributed by atoms with Crippen molar-refractivity contribution in [3.05, 3.63) is 52.9 Å². The lowest BCUT2D eigenvalue weighted by Crippen LogP contribution is -2.51. The number of aromatic nitrogens is 3. The van der Waals surface area contributed by atoms with Gasteiger partial charge in [-0.15, -0.1) is 0 Å². The number of fused-ring (bicyclic) bond motifs is 5. The van der Waals surface area contributed by atoms with Gasteiger partial charge in [-0.1, -0.05) is 35.9 Å². The number of anilines is 1. The normalized spacial score (nSPS) is 27.3. The number of halogens is 2. The van der Waals surface area contributed by atoms with Crippen molar-refractivity contribution in [2.45, 2.75) is 76.0 Å². The predicted molar refractivity (Wildman–Crippen MR) is 165 cm³/mol. The van der Waals surface area contributed by atoms with Gasteiger partial charge in [0.05, 0.1) is 10.9 Å². The van der Waals surface area contributed by atoms with E-state index in [0.29, 0.717) is 46.5 Å². The zero-order chi connectivity index (χ0) is 28.6. The van der Waals surface area contributed by atoms with E-state index in [1.54, 1.807) is 6.20 Å². The van der Waals surface area contributed by atoms with Gasteiger partial charge in [0, 0.05) is 53.4 Å². The molecule has 1 N–H and O–H groups in total. The summed E-state index contributed by atoms with van der Waals surface area (Å²) in [7, 11) is 0. The van der Waals surface area contributed by atoms with Crippen LogP contribution in [0.3, 0.4) is 0 Å². The third-order valence-electron chi connectivity index (χ3n) is 10.2. The molecule has 0 saturated carbocycles. The number of aryl methyl sites for hydroxylation is 1. The maximum atomic E-state index is 16.7. The number of piperazine rings is 1. The van der Waals surface area contributed by atoms with Crippen molar-refractivity contribution in [2.75, 3.05) is 31.1 Å². The largest absolute Gasteiger partial charge is 0.461 e. The van der Waals surface area contributed by atoms with E-state index in [2.05, 4.69) is 33.1 Å². The summed E-state index contributed by atoms with van der Waals surface area (Å²) in [6.45, 7) is 7.58. The SMILES string of the molecule is Cc1cc(Cl)c2c(-c3ncc4c(N5CC6CCC(C5)N6)nc(OCC56CCCN5[C@@H](C)CC6)nc4c3F)cccc2c1. The van der Waals surface area contributed by atoms with Gasteiger partial charge in [0.25, 0.3) is 0 Å². The predicted octanol–water partition coefficient (Wildman–Crippen LogP) is 6.28. The first-order chi connectivity index (χ1) is 20.4. The molecule has 42 heavy (non-hydrogen) atoms. The maximum absolute atomic E-state index is 16.7. The van der Waals surface area contributed by atoms with Crippen molar-refractivity contribution in [3.63, 3.8) is 0 Å². The molecule has 7 nitrogen and oxygen atoms in total. The van der Waals surface area contributed by atoms with E-state index in [0.717, 1.165) is 61.7 Å². The van der Waals surface area contributed by atoms with Gasteiger partial charge in [-0.2, -0.15) is 9.97 Å². The molecule has 4 aliphatic heterocycles. The van der Waals surface area contributed by atoms with Crippen molar-refractivity contribution in [3.8, 4) is 17.3 Å². The Morgan fingerprint density at radius 3 is 2.79 bits per heavy atom. The third kappa shape index (κ3) is 4.25. The molecule has 6 heterocycles. The number of rotatable bonds is 5. The Kier molecular flexibility index (Phi) is 6.32. The van der Waals surface area contributed by atoms with E-state index >= 15 is 4.39 Å². The lowest BCUT2D eigenvalue weighted by atomic mass is 9.95. The van der Waals surface area contributed by atoms with Crippen LogP contribution < -0.4 is 15.0 Å². The maximum Gasteiger partial charge on any atom is 0.319 e. The molecular formula is C33H36ClFN6O. The Balaban J connectivity index is 1.25. The van der Waals surface area contributed by atoms with Crippen molar-refractivity contribution in [2.24, 2.45) is 0 Å². The second-order valence-electron chi connectivity index (χ2n) is 12.9. The number of nitrogens with zero attached hydrogens (tertiary/aromatic N) is 5. The Bertz CT molecular complexity index is 1700. The highest BCUT2D eigenvalue weighted by atomic mass is 35.5. The summed E-state index contributed by atoms with van der Waals surface area (Å²) in [6, 6.07) is 11.4. The molecule has 0 amide bonds. The van der Waals surface area contributed by atoms with Crippen LogP contribution in [0, 0.1) is 12.7 Å². The van der Waals surface area contributed by atoms with Crippen LogP contribution in [0.1, 0.15) is 51.0 Å². The lowest BCUT2D eigenvalue weighted by molar-refractivity contribution is 0.0889. The van der Waals surface area contributed by atoms with Crippen LogP contribution in [-0.2, 0) is 0 Å². The van der Waals surface area contributed by atoms with Gasteiger partial charge in [0.15, 0.2) is 5.82 Å². The summed E-state index contributed by atoms with van der Waals surface area (Å²) in [5, 5.41) is 6.62. The van der Waals surface area contributed by atoms with Gasteiger partial charge >= 0.3 is 6.01 Å². The lowest BCUT2D eigenvalue weighted by Gasteiger charge is -2.35. The van der Waals surface area contributed by atoms with Gasteiger partial charge in [0.1, 0.15) is 23.6 Å². The van der Waals surface area contributed by atoms with E-state index < -0.39 is 5.82 Å². The molecule has 4 saturated heterocycles. The van der Waals surface area contributed by atoms with Gasteiger partial charge < -0.3 is 15.0 Å². The molecule has 0 radical (unpaired) electrons. The molecule has 3 unspecified atom stereocenters. The van der Waals surface area contributed by atoms with Crippen LogP contribution in [0.5, 0.6) is 6.01 Å². The van der Waals surface area contributed by atoms with Crippen molar-refractivity contribution < 1.29 is 9.13 Å². The van der Waals surface area contributed by atoms with Crippen molar-refractivity contribution in [1.29, 1.82) is 0 Å². The van der Waals surface area contributed by atoms with Crippen LogP contribution in [0.25, 0.3) is 32.9 Å². The van der Waals surface area contributed by atoms with E-state index in [-0.39, 0.29) is 22.8 Å². The Morgan fingerprint density at radius 1 is 1.12 bits per heavy atom. The fourth-order valence-corrected chi connectivity index (χ4v) is 8.56. The highest BCUT2D eigenvalue weighted by Crippen LogP contribution is 2.43. The first-order valence-electron chi connectivity index (χ1n) is 15.3. The second kappa shape index (κ2) is 10.00. The minimum Gasteiger partial charge on any atom is -0.461 e. The summed E-state index contributed by atoms with van der Waals surface area (Å²) in [5.41, 5.74) is 2.20. The average molecular weight is 587 g/mol. The van der Waals surface area contributed by atoms with E-state index in [1.807, 2.05) is 31.2 Å². The van der Waals surface area contributed by atoms with Crippen LogP contribution in [0.15, 0.2) is 36.5 Å². The van der Waals surface area contributed by atoms with Crippen LogP contribution in [0.4, 0.5) is 10.2 Å². The monoisotopic (exact) mass is 586 g/mol. The highest BCUT2D eigenvalue weighted by Gasteiger charge is 2.48. The number of nitrogens with one attached hydrogen (secondary N) is 1. The number of hydrogen-bond donors (Lipinski definition) is 1. The van der Waals surface area contributed by atoms with Crippen molar-refractivity contribution >= 4 is 39.1 Å². The van der Waals surface area contributed by atoms with E-state index in [9.17, 15) is 0 Å². The molecule has 8 rings (SSSR count). The molecule has 4 fully saturated rings. The Hall–Kier alpha value is -3.07. The van der Waals surface area contributed by atoms with Crippen LogP contribution in [-0.4, -0.2) is 69.8 Å². The number of hydrogen-bond acceptors (Lipinski definition) is 7. The van der Waals surface area contributed by atoms with Gasteiger partial charge in [0.2, 0.25) is 0 Å². The molecule has 2 aromatic heterocycles. The Morgan fingerprint density at radius 2 is 1.95 bits per heavy atom. The summed E-state index contributed by atoms with van der Waals surface area (Å²) < 4.78 is 23.1. The summed E-state index contributed by atoms with van der Waals surface area (Å²) in [5.74, 6) is 0.233. The van der Waals surface area contributed by atoms with E-state index in [4.69, 9.17) is 26.3 Å². The fourth-order valence-electron chi connectivity index (χ4n) is 8.17. The number of pyridine rings is 1. The van der Waals surface area contributed by atoms with Gasteiger partial charge in [-0.25, -0.2) is 4.39 Å². The number of ether oxygens (including phenoxy) is 1. The minimum absolute atomic E-state index is 0.0197. The quantitative estimate of drug-likeness (QED) is 0.295. The summed E-state index contributed by atoms with van der Waals surface area (Å²) >= 11 is 6.72. The molecule has 4 aliphatic rings. The second-order valence-corrected chi connectivity index (χ2v) is 13.3. The topological polar surface area (TPSA) is 66.4 Å². The average Bonchev–Trinajstić information content (AvgIpc) is 3.65. The third-order valence-corrected chi connectivity index (χ3v) is 10.5. The van der Waals surface area contributed by atoms with Crippen molar-refractivity contribution in [1.82, 2.24) is 25.2 Å². The smallest absolute Gasteiger partial charge is 0.319 e. The highest BCUT2D eigenvalue weighted by molar-refractivity contribution is 6.36. The zero-order valence-corrected chi connectivity index (χ0v) is 24.9. The number of benzene rings is 2. The minimum atomic E-state index is -0.474. The van der Waals surface area contributed by atoms with Gasteiger partial charge in [-0.3, -0.25) is 9.88 Å². The molecule has 218 valence electrons. The van der Waals surface area contributed by atoms with Gasteiger partial charge in [-0.05, 0) is 75.9 Å². The van der Waals surface area contributed by atoms with Crippen LogP contribution in [0.2, 0.25) is 5.02 Å². The van der Waals surface area contributed by atoms with Crippen LogP contribution >= 0.6 is 11.6 Å². The molecule has 9 heteroatoms. The molecule has 4 atom stereocenters. The van der Waals surface area contributed by atoms with E-state index in [1.165, 1.54) is 12.8 Å². The fraction of sp³-hybridized carbons (Fsp3) is 0.485. The first-order valence-corrected chi connectivity index (χ1v) is 15.7. The Labute approximate surface area is 250 Å². The molecular weight excluding hydrogens is 551 g/mol. The summed E-state index contributed by atoms with van der Waals surface area (Å²) in [4.78, 5) is 19.2. The molecule has 2 aromatic carbocycles. The molecule has 0 spiro atoms. The first kappa shape index (κ1) is 26.5. The molecule has 0 aliphatic carbocycles. The zero-order valence-electron chi connectivity index (χ0n) is 24.2.